The fourth-order valence-electron chi connectivity index (χ4n) is 4.67. The molecule has 1 saturated carbocycles. The molecular weight excluding hydrogens is 383 g/mol. The van der Waals surface area contributed by atoms with Crippen molar-refractivity contribution in [3.05, 3.63) is 65.0 Å². The van der Waals surface area contributed by atoms with Crippen LogP contribution in [-0.4, -0.2) is 23.9 Å². The van der Waals surface area contributed by atoms with Gasteiger partial charge in [0.25, 0.3) is 0 Å². The summed E-state index contributed by atoms with van der Waals surface area (Å²) >= 11 is 0. The van der Waals surface area contributed by atoms with E-state index in [1.807, 2.05) is 64.1 Å². The van der Waals surface area contributed by atoms with E-state index in [0.29, 0.717) is 16.6 Å². The predicted molar refractivity (Wildman–Crippen MR) is 122 cm³/mol. The number of nitrogens with zero attached hydrogens (tertiary/aromatic N) is 2. The van der Waals surface area contributed by atoms with Crippen LogP contribution in [0, 0.1) is 17.9 Å². The van der Waals surface area contributed by atoms with Crippen molar-refractivity contribution in [3.63, 3.8) is 0 Å². The first-order chi connectivity index (χ1) is 16.2. The Morgan fingerprint density at radius 3 is 2.23 bits per heavy atom. The van der Waals surface area contributed by atoms with Crippen LogP contribution in [-0.2, 0) is 14.7 Å². The minimum absolute atomic E-state index is 0.381. The standard InChI is InChI=1S/C26H27BN2O2/c1-23(2)24(3,4)31-27(30-23)18-10-11-20-19-8-6-7-9-21(19)26(22(20)16-18)14-12-25(17-28,29-5)13-15-26/h6-11,16H,12-15H2,1-4H3/i14D2,15D2. The zero-order valence-corrected chi connectivity index (χ0v) is 18.2. The quantitative estimate of drug-likeness (QED) is 0.487. The smallest absolute Gasteiger partial charge is 0.399 e. The molecule has 0 atom stereocenters. The Morgan fingerprint density at radius 1 is 1.00 bits per heavy atom. The van der Waals surface area contributed by atoms with E-state index in [1.54, 1.807) is 12.1 Å². The summed E-state index contributed by atoms with van der Waals surface area (Å²) in [6.45, 7) is 15.4. The van der Waals surface area contributed by atoms with Crippen molar-refractivity contribution in [2.45, 2.75) is 75.4 Å². The maximum Gasteiger partial charge on any atom is 0.494 e. The van der Waals surface area contributed by atoms with Crippen LogP contribution in [0.3, 0.4) is 0 Å². The molecule has 0 radical (unpaired) electrons. The molecular formula is C26H27BN2O2. The largest absolute Gasteiger partial charge is 0.494 e. The van der Waals surface area contributed by atoms with E-state index < -0.39 is 42.0 Å². The molecule has 1 aliphatic heterocycles. The number of hydrogen-bond donors (Lipinski definition) is 0. The second-order valence-electron chi connectivity index (χ2n) is 9.65. The molecule has 4 nitrogen and oxygen atoms in total. The Kier molecular flexibility index (Phi) is 3.35. The summed E-state index contributed by atoms with van der Waals surface area (Å²) in [5.74, 6) is 0. The highest BCUT2D eigenvalue weighted by Gasteiger charge is 2.54. The van der Waals surface area contributed by atoms with E-state index in [4.69, 9.17) is 15.9 Å². The van der Waals surface area contributed by atoms with Gasteiger partial charge < -0.3 is 9.31 Å². The van der Waals surface area contributed by atoms with Crippen LogP contribution in [0.25, 0.3) is 16.0 Å². The fraction of sp³-hybridized carbons (Fsp3) is 0.462. The summed E-state index contributed by atoms with van der Waals surface area (Å²) < 4.78 is 49.4. The Hall–Kier alpha value is -2.60. The van der Waals surface area contributed by atoms with Gasteiger partial charge in [-0.05, 0) is 68.2 Å². The third-order valence-electron chi connectivity index (χ3n) is 7.31. The Labute approximate surface area is 190 Å². The van der Waals surface area contributed by atoms with Crippen LogP contribution < -0.4 is 5.46 Å². The second-order valence-corrected chi connectivity index (χ2v) is 9.65. The molecule has 5 rings (SSSR count). The summed E-state index contributed by atoms with van der Waals surface area (Å²) in [4.78, 5) is 3.44. The molecule has 0 unspecified atom stereocenters. The number of benzene rings is 2. The summed E-state index contributed by atoms with van der Waals surface area (Å²) in [6.07, 6.45) is -5.20. The number of nitriles is 1. The molecule has 0 N–H and O–H groups in total. The number of fused-ring (bicyclic) bond motifs is 5. The molecule has 1 spiro atoms. The molecule has 2 aliphatic carbocycles. The predicted octanol–water partition coefficient (Wildman–Crippen LogP) is 5.01. The lowest BCUT2D eigenvalue weighted by Crippen LogP contribution is -2.41. The minimum atomic E-state index is -2.22. The van der Waals surface area contributed by atoms with Crippen LogP contribution in [0.4, 0.5) is 0 Å². The zero-order valence-electron chi connectivity index (χ0n) is 22.2. The van der Waals surface area contributed by atoms with Crippen LogP contribution in [0.5, 0.6) is 0 Å². The molecule has 156 valence electrons. The van der Waals surface area contributed by atoms with Gasteiger partial charge in [0.15, 0.2) is 6.07 Å². The van der Waals surface area contributed by atoms with Gasteiger partial charge in [-0.15, -0.1) is 0 Å². The first-order valence-corrected chi connectivity index (χ1v) is 10.6. The highest BCUT2D eigenvalue weighted by atomic mass is 16.7. The first kappa shape index (κ1) is 16.1. The van der Waals surface area contributed by atoms with Gasteiger partial charge in [-0.2, -0.15) is 5.26 Å². The van der Waals surface area contributed by atoms with E-state index in [2.05, 4.69) is 4.85 Å². The lowest BCUT2D eigenvalue weighted by molar-refractivity contribution is 0.00578. The molecule has 0 amide bonds. The van der Waals surface area contributed by atoms with E-state index in [9.17, 15) is 10.7 Å². The minimum Gasteiger partial charge on any atom is -0.399 e. The third kappa shape index (κ3) is 2.74. The average Bonchev–Trinajstić information content (AvgIpc) is 3.20. The van der Waals surface area contributed by atoms with Crippen LogP contribution in [0.2, 0.25) is 0 Å². The van der Waals surface area contributed by atoms with Crippen LogP contribution in [0.1, 0.15) is 69.9 Å². The van der Waals surface area contributed by atoms with Crippen molar-refractivity contribution in [1.29, 1.82) is 5.26 Å². The normalized spacial score (nSPS) is 28.8. The van der Waals surface area contributed by atoms with Crippen molar-refractivity contribution < 1.29 is 14.8 Å². The SMILES string of the molecule is [2H]C1([2H])CC(C#N)([N+]#[C-])CC([2H])([2H])C12c1ccccc1-c1ccc(B3OC(C)(C)C(C)(C)O3)cc12. The van der Waals surface area contributed by atoms with Crippen molar-refractivity contribution in [2.24, 2.45) is 0 Å². The molecule has 1 heterocycles. The monoisotopic (exact) mass is 414 g/mol. The maximum atomic E-state index is 9.78. The maximum absolute atomic E-state index is 9.78. The van der Waals surface area contributed by atoms with E-state index in [0.717, 1.165) is 11.1 Å². The molecule has 0 bridgehead atoms. The summed E-state index contributed by atoms with van der Waals surface area (Å²) in [7, 11) is -0.687. The van der Waals surface area contributed by atoms with Gasteiger partial charge in [0, 0.05) is 23.7 Å². The highest BCUT2D eigenvalue weighted by Crippen LogP contribution is 2.57. The molecule has 5 heteroatoms. The summed E-state index contributed by atoms with van der Waals surface area (Å²) in [5, 5.41) is 9.78. The van der Waals surface area contributed by atoms with E-state index in [1.165, 1.54) is 0 Å². The lowest BCUT2D eigenvalue weighted by Gasteiger charge is -2.38. The van der Waals surface area contributed by atoms with Crippen molar-refractivity contribution >= 4 is 12.6 Å². The van der Waals surface area contributed by atoms with Crippen molar-refractivity contribution in [3.8, 4) is 17.2 Å². The van der Waals surface area contributed by atoms with Crippen molar-refractivity contribution in [2.75, 3.05) is 0 Å². The topological polar surface area (TPSA) is 46.6 Å². The highest BCUT2D eigenvalue weighted by molar-refractivity contribution is 6.62. The van der Waals surface area contributed by atoms with Gasteiger partial charge in [-0.25, -0.2) is 6.57 Å². The van der Waals surface area contributed by atoms with Gasteiger partial charge in [0.05, 0.1) is 11.2 Å². The van der Waals surface area contributed by atoms with E-state index >= 15 is 0 Å². The number of hydrogen-bond acceptors (Lipinski definition) is 3. The molecule has 0 aromatic heterocycles. The molecule has 2 aromatic rings. The first-order valence-electron chi connectivity index (χ1n) is 12.6. The van der Waals surface area contributed by atoms with Gasteiger partial charge in [0.2, 0.25) is 0 Å². The van der Waals surface area contributed by atoms with Crippen LogP contribution in [0.15, 0.2) is 42.5 Å². The van der Waals surface area contributed by atoms with Crippen LogP contribution >= 0.6 is 0 Å². The molecule has 2 aromatic carbocycles. The summed E-state index contributed by atoms with van der Waals surface area (Å²) in [6, 6.07) is 14.8. The Balaban J connectivity index is 1.76. The van der Waals surface area contributed by atoms with E-state index in [-0.39, 0.29) is 12.8 Å². The van der Waals surface area contributed by atoms with Crippen molar-refractivity contribution in [1.82, 2.24) is 0 Å². The molecule has 2 fully saturated rings. The zero-order chi connectivity index (χ0) is 25.7. The van der Waals surface area contributed by atoms with Gasteiger partial charge in [-0.1, -0.05) is 42.5 Å². The summed E-state index contributed by atoms with van der Waals surface area (Å²) in [5.41, 5.74) is -1.33. The molecule has 31 heavy (non-hydrogen) atoms. The third-order valence-corrected chi connectivity index (χ3v) is 7.31. The number of rotatable bonds is 1. The Morgan fingerprint density at radius 2 is 1.61 bits per heavy atom. The van der Waals surface area contributed by atoms with Gasteiger partial charge in [-0.3, -0.25) is 4.85 Å². The molecule has 3 aliphatic rings. The second kappa shape index (κ2) is 6.46. The average molecular weight is 414 g/mol. The lowest BCUT2D eigenvalue weighted by atomic mass is 9.62. The Bertz CT molecular complexity index is 1280. The fourth-order valence-corrected chi connectivity index (χ4v) is 4.67. The molecule has 1 saturated heterocycles. The van der Waals surface area contributed by atoms with Gasteiger partial charge in [0.1, 0.15) is 0 Å². The van der Waals surface area contributed by atoms with Gasteiger partial charge >= 0.3 is 12.7 Å².